The average molecular weight is 276 g/mol. The van der Waals surface area contributed by atoms with E-state index in [2.05, 4.69) is 48.5 Å². The lowest BCUT2D eigenvalue weighted by atomic mass is 9.98. The first kappa shape index (κ1) is 14.0. The number of nitrogens with one attached hydrogen (secondary N) is 1. The van der Waals surface area contributed by atoms with E-state index < -0.39 is 0 Å². The molecular formula is C15H18ClN3. The third-order valence-electron chi connectivity index (χ3n) is 3.15. The lowest BCUT2D eigenvalue weighted by Gasteiger charge is -2.17. The number of hydrogen-bond acceptors (Lipinski definition) is 3. The highest BCUT2D eigenvalue weighted by molar-refractivity contribution is 6.30. The zero-order chi connectivity index (χ0) is 13.8. The first-order valence-electron chi connectivity index (χ1n) is 6.29. The van der Waals surface area contributed by atoms with Crippen LogP contribution in [0.2, 0.25) is 5.02 Å². The molecule has 0 aliphatic carbocycles. The van der Waals surface area contributed by atoms with E-state index in [1.807, 2.05) is 12.1 Å². The summed E-state index contributed by atoms with van der Waals surface area (Å²) < 4.78 is 0. The molecule has 0 bridgehead atoms. The van der Waals surface area contributed by atoms with Gasteiger partial charge in [0.1, 0.15) is 0 Å². The Morgan fingerprint density at radius 3 is 2.16 bits per heavy atom. The van der Waals surface area contributed by atoms with Crippen LogP contribution in [0.4, 0.5) is 0 Å². The summed E-state index contributed by atoms with van der Waals surface area (Å²) in [6, 6.07) is 12.0. The van der Waals surface area contributed by atoms with Gasteiger partial charge in [-0.05, 0) is 29.2 Å². The van der Waals surface area contributed by atoms with Crippen molar-refractivity contribution >= 4 is 11.6 Å². The maximum absolute atomic E-state index is 5.85. The predicted octanol–water partition coefficient (Wildman–Crippen LogP) is 3.41. The summed E-state index contributed by atoms with van der Waals surface area (Å²) in [5, 5.41) is 0.620. The molecule has 1 aromatic carbocycles. The first-order valence-corrected chi connectivity index (χ1v) is 6.67. The molecule has 3 nitrogen and oxygen atoms in total. The molecule has 2 rings (SSSR count). The number of aromatic nitrogens is 1. The van der Waals surface area contributed by atoms with Crippen LogP contribution in [0, 0.1) is 0 Å². The van der Waals surface area contributed by atoms with Crippen LogP contribution in [0.25, 0.3) is 0 Å². The molecule has 100 valence electrons. The quantitative estimate of drug-likeness (QED) is 0.664. The molecule has 0 aliphatic heterocycles. The molecule has 0 saturated heterocycles. The van der Waals surface area contributed by atoms with Crippen LogP contribution >= 0.6 is 11.6 Å². The second kappa shape index (κ2) is 6.15. The molecule has 0 saturated carbocycles. The van der Waals surface area contributed by atoms with E-state index >= 15 is 0 Å². The van der Waals surface area contributed by atoms with E-state index in [4.69, 9.17) is 17.4 Å². The van der Waals surface area contributed by atoms with Crippen molar-refractivity contribution < 1.29 is 0 Å². The molecule has 0 radical (unpaired) electrons. The minimum absolute atomic E-state index is 0.126. The van der Waals surface area contributed by atoms with E-state index in [9.17, 15) is 0 Å². The van der Waals surface area contributed by atoms with Crippen LogP contribution in [-0.4, -0.2) is 4.98 Å². The molecule has 0 spiro atoms. The van der Waals surface area contributed by atoms with Gasteiger partial charge < -0.3 is 0 Å². The Balaban J connectivity index is 2.28. The zero-order valence-corrected chi connectivity index (χ0v) is 11.9. The van der Waals surface area contributed by atoms with E-state index in [0.29, 0.717) is 10.9 Å². The van der Waals surface area contributed by atoms with E-state index in [1.54, 1.807) is 6.20 Å². The maximum atomic E-state index is 5.85. The molecule has 1 heterocycles. The Morgan fingerprint density at radius 2 is 1.68 bits per heavy atom. The van der Waals surface area contributed by atoms with Crippen molar-refractivity contribution in [1.82, 2.24) is 10.4 Å². The molecule has 1 unspecified atom stereocenters. The first-order chi connectivity index (χ1) is 9.11. The Bertz CT molecular complexity index is 520. The topological polar surface area (TPSA) is 50.9 Å². The summed E-state index contributed by atoms with van der Waals surface area (Å²) in [5.41, 5.74) is 6.04. The van der Waals surface area contributed by atoms with Crippen LogP contribution < -0.4 is 11.3 Å². The summed E-state index contributed by atoms with van der Waals surface area (Å²) in [6.45, 7) is 4.35. The number of benzene rings is 1. The van der Waals surface area contributed by atoms with Crippen molar-refractivity contribution in [1.29, 1.82) is 0 Å². The molecular weight excluding hydrogens is 258 g/mol. The third kappa shape index (κ3) is 3.32. The third-order valence-corrected chi connectivity index (χ3v) is 3.37. The molecule has 2 aromatic rings. The normalized spacial score (nSPS) is 12.7. The lowest BCUT2D eigenvalue weighted by molar-refractivity contribution is 0.620. The standard InChI is InChI=1S/C15H18ClN3/c1-10(2)11-3-5-12(6-4-11)15(19-17)14-8-7-13(16)9-18-14/h3-10,15,19H,17H2,1-2H3. The monoisotopic (exact) mass is 275 g/mol. The fourth-order valence-corrected chi connectivity index (χ4v) is 2.10. The van der Waals surface area contributed by atoms with Crippen molar-refractivity contribution in [2.75, 3.05) is 0 Å². The molecule has 0 amide bonds. The molecule has 0 fully saturated rings. The number of nitrogens with two attached hydrogens (primary N) is 1. The van der Waals surface area contributed by atoms with E-state index in [1.165, 1.54) is 5.56 Å². The Hall–Kier alpha value is -1.42. The summed E-state index contributed by atoms with van der Waals surface area (Å²) in [5.74, 6) is 6.17. The van der Waals surface area contributed by atoms with Gasteiger partial charge in [-0.15, -0.1) is 0 Å². The van der Waals surface area contributed by atoms with Gasteiger partial charge in [0.05, 0.1) is 16.8 Å². The molecule has 19 heavy (non-hydrogen) atoms. The van der Waals surface area contributed by atoms with Gasteiger partial charge in [-0.3, -0.25) is 10.8 Å². The fraction of sp³-hybridized carbons (Fsp3) is 0.267. The fourth-order valence-electron chi connectivity index (χ4n) is 1.98. The second-order valence-electron chi connectivity index (χ2n) is 4.82. The highest BCUT2D eigenvalue weighted by atomic mass is 35.5. The van der Waals surface area contributed by atoms with E-state index in [-0.39, 0.29) is 6.04 Å². The van der Waals surface area contributed by atoms with Gasteiger partial charge >= 0.3 is 0 Å². The van der Waals surface area contributed by atoms with Crippen LogP contribution in [0.15, 0.2) is 42.6 Å². The Morgan fingerprint density at radius 1 is 1.05 bits per heavy atom. The molecule has 3 N–H and O–H groups in total. The molecule has 0 aliphatic rings. The predicted molar refractivity (Wildman–Crippen MR) is 78.9 cm³/mol. The molecule has 4 heteroatoms. The smallest absolute Gasteiger partial charge is 0.0881 e. The van der Waals surface area contributed by atoms with Crippen molar-refractivity contribution in [3.8, 4) is 0 Å². The van der Waals surface area contributed by atoms with Gasteiger partial charge in [-0.2, -0.15) is 0 Å². The zero-order valence-electron chi connectivity index (χ0n) is 11.1. The van der Waals surface area contributed by atoms with Crippen molar-refractivity contribution in [2.45, 2.75) is 25.8 Å². The van der Waals surface area contributed by atoms with Crippen LogP contribution in [0.5, 0.6) is 0 Å². The lowest BCUT2D eigenvalue weighted by Crippen LogP contribution is -2.29. The van der Waals surface area contributed by atoms with Gasteiger partial charge in [-0.1, -0.05) is 49.7 Å². The molecule has 1 atom stereocenters. The van der Waals surface area contributed by atoms with Gasteiger partial charge in [-0.25, -0.2) is 5.43 Å². The number of rotatable bonds is 4. The highest BCUT2D eigenvalue weighted by Crippen LogP contribution is 2.23. The SMILES string of the molecule is CC(C)c1ccc(C(NN)c2ccc(Cl)cn2)cc1. The van der Waals surface area contributed by atoms with Crippen LogP contribution in [-0.2, 0) is 0 Å². The highest BCUT2D eigenvalue weighted by Gasteiger charge is 2.13. The largest absolute Gasteiger partial charge is 0.271 e. The number of halogens is 1. The minimum atomic E-state index is -0.126. The number of pyridine rings is 1. The van der Waals surface area contributed by atoms with Crippen molar-refractivity contribution in [2.24, 2.45) is 5.84 Å². The average Bonchev–Trinajstić information content (AvgIpc) is 2.42. The van der Waals surface area contributed by atoms with Gasteiger partial charge in [0.2, 0.25) is 0 Å². The minimum Gasteiger partial charge on any atom is -0.271 e. The number of nitrogens with zero attached hydrogens (tertiary/aromatic N) is 1. The second-order valence-corrected chi connectivity index (χ2v) is 5.26. The summed E-state index contributed by atoms with van der Waals surface area (Å²) in [7, 11) is 0. The summed E-state index contributed by atoms with van der Waals surface area (Å²) >= 11 is 5.85. The van der Waals surface area contributed by atoms with E-state index in [0.717, 1.165) is 11.3 Å². The van der Waals surface area contributed by atoms with Gasteiger partial charge in [0.15, 0.2) is 0 Å². The summed E-state index contributed by atoms with van der Waals surface area (Å²) in [4.78, 5) is 4.31. The number of hydrogen-bond donors (Lipinski definition) is 2. The van der Waals surface area contributed by atoms with Crippen LogP contribution in [0.1, 0.15) is 42.6 Å². The maximum Gasteiger partial charge on any atom is 0.0881 e. The molecule has 1 aromatic heterocycles. The van der Waals surface area contributed by atoms with Crippen LogP contribution in [0.3, 0.4) is 0 Å². The summed E-state index contributed by atoms with van der Waals surface area (Å²) in [6.07, 6.45) is 1.63. The van der Waals surface area contributed by atoms with Crippen molar-refractivity contribution in [3.63, 3.8) is 0 Å². The number of hydrazine groups is 1. The van der Waals surface area contributed by atoms with Crippen molar-refractivity contribution in [3.05, 3.63) is 64.4 Å². The van der Waals surface area contributed by atoms with Gasteiger partial charge in [0.25, 0.3) is 0 Å². The Kier molecular flexibility index (Phi) is 4.53. The van der Waals surface area contributed by atoms with Gasteiger partial charge in [0, 0.05) is 6.20 Å². The Labute approximate surface area is 118 Å².